The Morgan fingerprint density at radius 2 is 1.61 bits per heavy atom. The highest BCUT2D eigenvalue weighted by Crippen LogP contribution is 2.31. The van der Waals surface area contributed by atoms with Crippen LogP contribution in [0.3, 0.4) is 0 Å². The minimum atomic E-state index is -1.10. The van der Waals surface area contributed by atoms with Crippen LogP contribution in [0.2, 0.25) is 0 Å². The summed E-state index contributed by atoms with van der Waals surface area (Å²) < 4.78 is 11.2. The van der Waals surface area contributed by atoms with E-state index in [4.69, 9.17) is 14.6 Å². The van der Waals surface area contributed by atoms with E-state index in [9.17, 15) is 10.2 Å². The molecule has 4 atom stereocenters. The molecule has 0 radical (unpaired) electrons. The van der Waals surface area contributed by atoms with Gasteiger partial charge in [0.15, 0.2) is 5.79 Å². The molecule has 1 rings (SSSR count). The zero-order chi connectivity index (χ0) is 17.3. The van der Waals surface area contributed by atoms with E-state index in [1.54, 1.807) is 13.8 Å². The van der Waals surface area contributed by atoms with E-state index in [2.05, 4.69) is 18.8 Å². The third-order valence-corrected chi connectivity index (χ3v) is 3.95. The van der Waals surface area contributed by atoms with Crippen LogP contribution < -0.4 is 0 Å². The lowest BCUT2D eigenvalue weighted by Gasteiger charge is -2.21. The Morgan fingerprint density at radius 3 is 2.26 bits per heavy atom. The Labute approximate surface area is 140 Å². The van der Waals surface area contributed by atoms with Crippen molar-refractivity contribution < 1.29 is 24.8 Å². The molecule has 1 fully saturated rings. The zero-order valence-corrected chi connectivity index (χ0v) is 14.6. The van der Waals surface area contributed by atoms with Gasteiger partial charge in [-0.2, -0.15) is 0 Å². The van der Waals surface area contributed by atoms with Crippen molar-refractivity contribution in [2.45, 2.75) is 95.9 Å². The van der Waals surface area contributed by atoms with Gasteiger partial charge in [0.05, 0.1) is 6.61 Å². The lowest BCUT2D eigenvalue weighted by atomic mass is 10.0. The van der Waals surface area contributed by atoms with Gasteiger partial charge in [-0.25, -0.2) is 0 Å². The third kappa shape index (κ3) is 7.19. The van der Waals surface area contributed by atoms with Gasteiger partial charge in [0.25, 0.3) is 0 Å². The van der Waals surface area contributed by atoms with Crippen molar-refractivity contribution >= 4 is 0 Å². The van der Waals surface area contributed by atoms with Gasteiger partial charge in [-0.1, -0.05) is 44.9 Å². The highest BCUT2D eigenvalue weighted by molar-refractivity contribution is 5.10. The van der Waals surface area contributed by atoms with Crippen molar-refractivity contribution in [1.29, 1.82) is 0 Å². The van der Waals surface area contributed by atoms with E-state index in [-0.39, 0.29) is 0 Å². The summed E-state index contributed by atoms with van der Waals surface area (Å²) in [6.45, 7) is 5.17. The summed E-state index contributed by atoms with van der Waals surface area (Å²) in [4.78, 5) is 0. The molecule has 134 valence electrons. The monoisotopic (exact) mass is 328 g/mol. The van der Waals surface area contributed by atoms with Gasteiger partial charge >= 0.3 is 0 Å². The normalized spacial score (nSPS) is 25.7. The Kier molecular flexibility index (Phi) is 9.11. The summed E-state index contributed by atoms with van der Waals surface area (Å²) in [5.41, 5.74) is 0. The summed E-state index contributed by atoms with van der Waals surface area (Å²) in [5, 5.41) is 29.1. The molecule has 0 aliphatic carbocycles. The molecule has 1 saturated heterocycles. The summed E-state index contributed by atoms with van der Waals surface area (Å²) in [6.07, 6.45) is 4.28. The van der Waals surface area contributed by atoms with E-state index in [0.29, 0.717) is 0 Å². The fourth-order valence-corrected chi connectivity index (χ4v) is 2.72. The summed E-state index contributed by atoms with van der Waals surface area (Å²) in [7, 11) is 0. The second kappa shape index (κ2) is 10.3. The molecule has 0 amide bonds. The number of rotatable bonds is 9. The molecule has 0 aromatic carbocycles. The average molecular weight is 328 g/mol. The number of hydrogen-bond acceptors (Lipinski definition) is 5. The first-order valence-electron chi connectivity index (χ1n) is 8.72. The van der Waals surface area contributed by atoms with Gasteiger partial charge in [0.1, 0.15) is 24.4 Å². The standard InChI is InChI=1S/C18H32O5/c1-4-5-6-7-8-9-10-11-12-14(20)16-17(15(21)13-19)23-18(2,3)22-16/h14-17,19-21H,4-10,13H2,1-3H3/t14-,15-,16-,17-/m1/s1. The van der Waals surface area contributed by atoms with Crippen molar-refractivity contribution in [1.82, 2.24) is 0 Å². The fraction of sp³-hybridized carbons (Fsp3) is 0.889. The Hall–Kier alpha value is -0.640. The molecule has 5 nitrogen and oxygen atoms in total. The highest BCUT2D eigenvalue weighted by Gasteiger charge is 2.47. The van der Waals surface area contributed by atoms with Crippen LogP contribution in [-0.2, 0) is 9.47 Å². The van der Waals surface area contributed by atoms with Gasteiger partial charge in [-0.15, -0.1) is 5.92 Å². The summed E-state index contributed by atoms with van der Waals surface area (Å²) >= 11 is 0. The molecule has 0 aromatic rings. The molecule has 0 saturated carbocycles. The molecule has 1 heterocycles. The average Bonchev–Trinajstić information content (AvgIpc) is 2.85. The van der Waals surface area contributed by atoms with Crippen LogP contribution in [0.4, 0.5) is 0 Å². The molecular weight excluding hydrogens is 296 g/mol. The van der Waals surface area contributed by atoms with Crippen LogP contribution >= 0.6 is 0 Å². The number of hydrogen-bond donors (Lipinski definition) is 3. The second-order valence-electron chi connectivity index (χ2n) is 6.60. The van der Waals surface area contributed by atoms with E-state index >= 15 is 0 Å². The second-order valence-corrected chi connectivity index (χ2v) is 6.60. The molecule has 0 aromatic heterocycles. The Bertz CT molecular complexity index is 385. The topological polar surface area (TPSA) is 79.2 Å². The van der Waals surface area contributed by atoms with E-state index in [1.807, 2.05) is 0 Å². The molecule has 1 aliphatic rings. The minimum Gasteiger partial charge on any atom is -0.394 e. The van der Waals surface area contributed by atoms with Gasteiger partial charge in [0, 0.05) is 6.42 Å². The quantitative estimate of drug-likeness (QED) is 0.445. The van der Waals surface area contributed by atoms with Gasteiger partial charge in [-0.3, -0.25) is 0 Å². The first-order valence-corrected chi connectivity index (χ1v) is 8.72. The molecule has 0 spiro atoms. The molecule has 0 unspecified atom stereocenters. The van der Waals surface area contributed by atoms with E-state index in [1.165, 1.54) is 25.7 Å². The van der Waals surface area contributed by atoms with Crippen LogP contribution in [0, 0.1) is 11.8 Å². The Balaban J connectivity index is 2.40. The van der Waals surface area contributed by atoms with Gasteiger partial charge < -0.3 is 24.8 Å². The van der Waals surface area contributed by atoms with Crippen LogP contribution in [0.15, 0.2) is 0 Å². The van der Waals surface area contributed by atoms with Gasteiger partial charge in [0.2, 0.25) is 0 Å². The van der Waals surface area contributed by atoms with Crippen molar-refractivity contribution in [2.75, 3.05) is 6.61 Å². The molecular formula is C18H32O5. The first-order chi connectivity index (χ1) is 10.9. The number of aliphatic hydroxyl groups excluding tert-OH is 3. The van der Waals surface area contributed by atoms with Crippen molar-refractivity contribution in [3.63, 3.8) is 0 Å². The fourth-order valence-electron chi connectivity index (χ4n) is 2.72. The van der Waals surface area contributed by atoms with Crippen molar-refractivity contribution in [2.24, 2.45) is 0 Å². The smallest absolute Gasteiger partial charge is 0.164 e. The first kappa shape index (κ1) is 20.4. The number of unbranched alkanes of at least 4 members (excludes halogenated alkanes) is 6. The molecule has 5 heteroatoms. The predicted octanol–water partition coefficient (Wildman–Crippen LogP) is 1.97. The SMILES string of the molecule is CCCCCCCCC#C[C@@H](O)[C@H]1OC(C)(C)O[C@@H]1[C@H](O)CO. The highest BCUT2D eigenvalue weighted by atomic mass is 16.8. The number of aliphatic hydroxyl groups is 3. The van der Waals surface area contributed by atoms with Crippen LogP contribution in [0.1, 0.15) is 65.7 Å². The summed E-state index contributed by atoms with van der Waals surface area (Å²) in [6, 6.07) is 0. The minimum absolute atomic E-state index is 0.446. The van der Waals surface area contributed by atoms with Crippen molar-refractivity contribution in [3.05, 3.63) is 0 Å². The van der Waals surface area contributed by atoms with E-state index < -0.39 is 36.8 Å². The van der Waals surface area contributed by atoms with Crippen LogP contribution in [0.25, 0.3) is 0 Å². The van der Waals surface area contributed by atoms with Crippen LogP contribution in [-0.4, -0.2) is 52.1 Å². The lowest BCUT2D eigenvalue weighted by molar-refractivity contribution is -0.160. The molecule has 1 aliphatic heterocycles. The maximum Gasteiger partial charge on any atom is 0.164 e. The molecule has 3 N–H and O–H groups in total. The maximum absolute atomic E-state index is 10.2. The predicted molar refractivity (Wildman–Crippen MR) is 88.7 cm³/mol. The van der Waals surface area contributed by atoms with Crippen LogP contribution in [0.5, 0.6) is 0 Å². The zero-order valence-electron chi connectivity index (χ0n) is 14.6. The van der Waals surface area contributed by atoms with E-state index in [0.717, 1.165) is 19.3 Å². The third-order valence-electron chi connectivity index (χ3n) is 3.95. The van der Waals surface area contributed by atoms with Gasteiger partial charge in [-0.05, 0) is 20.3 Å². The lowest BCUT2D eigenvalue weighted by Crippen LogP contribution is -2.43. The maximum atomic E-state index is 10.2. The largest absolute Gasteiger partial charge is 0.394 e. The molecule has 0 bridgehead atoms. The number of ether oxygens (including phenoxy) is 2. The molecule has 23 heavy (non-hydrogen) atoms. The Morgan fingerprint density at radius 1 is 1.00 bits per heavy atom. The summed E-state index contributed by atoms with van der Waals surface area (Å²) in [5.74, 6) is 4.85. The van der Waals surface area contributed by atoms with Crippen molar-refractivity contribution in [3.8, 4) is 11.8 Å².